The first kappa shape index (κ1) is 23.0. The number of rotatable bonds is 9. The summed E-state index contributed by atoms with van der Waals surface area (Å²) >= 11 is 0. The summed E-state index contributed by atoms with van der Waals surface area (Å²) in [5.41, 5.74) is 1.03. The number of carbonyl (C=O) groups excluding carboxylic acids is 2. The van der Waals surface area contributed by atoms with Crippen LogP contribution in [0.3, 0.4) is 0 Å². The highest BCUT2D eigenvalue weighted by atomic mass is 16.5. The van der Waals surface area contributed by atoms with Gasteiger partial charge in [-0.2, -0.15) is 0 Å². The molecule has 174 valence electrons. The lowest BCUT2D eigenvalue weighted by Crippen LogP contribution is -2.36. The number of hydrogen-bond acceptors (Lipinski definition) is 6. The van der Waals surface area contributed by atoms with Gasteiger partial charge in [-0.05, 0) is 55.7 Å². The van der Waals surface area contributed by atoms with E-state index in [4.69, 9.17) is 9.47 Å². The van der Waals surface area contributed by atoms with Crippen LogP contribution in [0, 0.1) is 0 Å². The Morgan fingerprint density at radius 1 is 1.18 bits per heavy atom. The van der Waals surface area contributed by atoms with Crippen LogP contribution >= 0.6 is 0 Å². The summed E-state index contributed by atoms with van der Waals surface area (Å²) in [6.45, 7) is 3.70. The Kier molecular flexibility index (Phi) is 7.40. The van der Waals surface area contributed by atoms with Crippen LogP contribution in [0.5, 0.6) is 5.75 Å². The molecule has 2 fully saturated rings. The standard InChI is InChI=1S/C26H30N2O5/c1-2-3-6-15-32-19-12-10-18(11-13-19)24(29)22-23(21-9-4-5-14-27-21)28(26(31)25(22)30)17-20-8-7-16-33-20/h4-5,9-14,20,23,29H,2-3,6-8,15-17H2,1H3/b24-22-. The fourth-order valence-corrected chi connectivity index (χ4v) is 4.33. The Balaban J connectivity index is 1.64. The number of hydrogen-bond donors (Lipinski definition) is 1. The lowest BCUT2D eigenvalue weighted by molar-refractivity contribution is -0.140. The second-order valence-electron chi connectivity index (χ2n) is 8.42. The number of nitrogens with zero attached hydrogens (tertiary/aromatic N) is 2. The van der Waals surface area contributed by atoms with Crippen molar-refractivity contribution in [3.8, 4) is 5.75 Å². The normalized spacial score (nSPS) is 22.2. The summed E-state index contributed by atoms with van der Waals surface area (Å²) in [4.78, 5) is 31.9. The Hall–Kier alpha value is -3.19. The van der Waals surface area contributed by atoms with Gasteiger partial charge in [-0.15, -0.1) is 0 Å². The lowest BCUT2D eigenvalue weighted by Gasteiger charge is -2.26. The van der Waals surface area contributed by atoms with Gasteiger partial charge in [0.2, 0.25) is 0 Å². The number of benzene rings is 1. The predicted molar refractivity (Wildman–Crippen MR) is 124 cm³/mol. The zero-order valence-electron chi connectivity index (χ0n) is 18.9. The molecule has 1 amide bonds. The van der Waals surface area contributed by atoms with Gasteiger partial charge in [-0.25, -0.2) is 0 Å². The van der Waals surface area contributed by atoms with Crippen molar-refractivity contribution in [1.82, 2.24) is 9.88 Å². The summed E-state index contributed by atoms with van der Waals surface area (Å²) in [6, 6.07) is 11.5. The summed E-state index contributed by atoms with van der Waals surface area (Å²) in [6.07, 6.45) is 6.46. The van der Waals surface area contributed by atoms with E-state index in [0.29, 0.717) is 30.2 Å². The number of amides is 1. The van der Waals surface area contributed by atoms with Gasteiger partial charge in [0, 0.05) is 24.9 Å². The van der Waals surface area contributed by atoms with Gasteiger partial charge in [0.25, 0.3) is 11.7 Å². The molecular formula is C26H30N2O5. The number of pyridine rings is 1. The first-order chi connectivity index (χ1) is 16.1. The van der Waals surface area contributed by atoms with E-state index in [1.54, 1.807) is 48.7 Å². The zero-order valence-corrected chi connectivity index (χ0v) is 18.9. The minimum atomic E-state index is -0.764. The summed E-state index contributed by atoms with van der Waals surface area (Å²) in [5.74, 6) is -0.862. The van der Waals surface area contributed by atoms with E-state index in [2.05, 4.69) is 11.9 Å². The summed E-state index contributed by atoms with van der Waals surface area (Å²) < 4.78 is 11.4. The molecule has 0 spiro atoms. The van der Waals surface area contributed by atoms with Crippen molar-refractivity contribution in [2.45, 2.75) is 51.2 Å². The van der Waals surface area contributed by atoms with Crippen LogP contribution in [0.25, 0.3) is 5.76 Å². The minimum Gasteiger partial charge on any atom is -0.507 e. The first-order valence-corrected chi connectivity index (χ1v) is 11.6. The number of unbranched alkanes of at least 4 members (excludes halogenated alkanes) is 2. The van der Waals surface area contributed by atoms with Crippen LogP contribution in [-0.4, -0.2) is 52.5 Å². The van der Waals surface area contributed by atoms with Gasteiger partial charge in [0.15, 0.2) is 0 Å². The van der Waals surface area contributed by atoms with Gasteiger partial charge in [-0.3, -0.25) is 14.6 Å². The van der Waals surface area contributed by atoms with E-state index in [1.807, 2.05) is 0 Å². The average molecular weight is 451 g/mol. The molecule has 3 heterocycles. The Morgan fingerprint density at radius 3 is 2.67 bits per heavy atom. The summed E-state index contributed by atoms with van der Waals surface area (Å²) in [5, 5.41) is 11.1. The van der Waals surface area contributed by atoms with Crippen LogP contribution in [-0.2, 0) is 14.3 Å². The number of ketones is 1. The predicted octanol–water partition coefficient (Wildman–Crippen LogP) is 4.25. The highest BCUT2D eigenvalue weighted by molar-refractivity contribution is 6.46. The molecule has 7 heteroatoms. The number of aromatic nitrogens is 1. The second kappa shape index (κ2) is 10.6. The SMILES string of the molecule is CCCCCOc1ccc(/C(O)=C2/C(=O)C(=O)N(CC3CCCO3)C2c2ccccn2)cc1. The summed E-state index contributed by atoms with van der Waals surface area (Å²) in [7, 11) is 0. The number of ether oxygens (including phenoxy) is 2. The maximum Gasteiger partial charge on any atom is 0.295 e. The van der Waals surface area contributed by atoms with Gasteiger partial charge in [0.05, 0.1) is 24.0 Å². The minimum absolute atomic E-state index is 0.0494. The fraction of sp³-hybridized carbons (Fsp3) is 0.423. The number of carbonyl (C=O) groups is 2. The largest absolute Gasteiger partial charge is 0.507 e. The maximum atomic E-state index is 13.1. The first-order valence-electron chi connectivity index (χ1n) is 11.6. The lowest BCUT2D eigenvalue weighted by atomic mass is 9.98. The molecule has 7 nitrogen and oxygen atoms in total. The third-order valence-corrected chi connectivity index (χ3v) is 6.08. The molecular weight excluding hydrogens is 420 g/mol. The molecule has 4 rings (SSSR count). The molecule has 0 saturated carbocycles. The fourth-order valence-electron chi connectivity index (χ4n) is 4.33. The Morgan fingerprint density at radius 2 is 2.00 bits per heavy atom. The van der Waals surface area contributed by atoms with Crippen molar-refractivity contribution in [1.29, 1.82) is 0 Å². The van der Waals surface area contributed by atoms with Gasteiger partial charge in [-0.1, -0.05) is 25.8 Å². The van der Waals surface area contributed by atoms with Crippen molar-refractivity contribution in [3.63, 3.8) is 0 Å². The maximum absolute atomic E-state index is 13.1. The van der Waals surface area contributed by atoms with Gasteiger partial charge >= 0.3 is 0 Å². The smallest absolute Gasteiger partial charge is 0.295 e. The molecule has 0 aliphatic carbocycles. The monoisotopic (exact) mass is 450 g/mol. The molecule has 0 bridgehead atoms. The van der Waals surface area contributed by atoms with E-state index in [9.17, 15) is 14.7 Å². The van der Waals surface area contributed by atoms with E-state index in [0.717, 1.165) is 32.1 Å². The second-order valence-corrected chi connectivity index (χ2v) is 8.42. The number of aliphatic hydroxyl groups excluding tert-OH is 1. The van der Waals surface area contributed by atoms with Crippen molar-refractivity contribution in [3.05, 3.63) is 65.5 Å². The third kappa shape index (κ3) is 5.09. The molecule has 2 unspecified atom stereocenters. The number of Topliss-reactive ketones (excluding diaryl/α,β-unsaturated/α-hetero) is 1. The zero-order chi connectivity index (χ0) is 23.2. The molecule has 33 heavy (non-hydrogen) atoms. The molecule has 2 saturated heterocycles. The van der Waals surface area contributed by atoms with Crippen molar-refractivity contribution in [2.24, 2.45) is 0 Å². The molecule has 2 atom stereocenters. The van der Waals surface area contributed by atoms with E-state index >= 15 is 0 Å². The van der Waals surface area contributed by atoms with Crippen LogP contribution in [0.4, 0.5) is 0 Å². The van der Waals surface area contributed by atoms with Crippen LogP contribution in [0.1, 0.15) is 56.3 Å². The van der Waals surface area contributed by atoms with Gasteiger partial charge in [0.1, 0.15) is 17.6 Å². The van der Waals surface area contributed by atoms with Crippen LogP contribution in [0.2, 0.25) is 0 Å². The number of likely N-dealkylation sites (tertiary alicyclic amines) is 1. The quantitative estimate of drug-likeness (QED) is 0.266. The topological polar surface area (TPSA) is 89.0 Å². The van der Waals surface area contributed by atoms with E-state index in [1.165, 1.54) is 4.90 Å². The van der Waals surface area contributed by atoms with E-state index < -0.39 is 17.7 Å². The highest BCUT2D eigenvalue weighted by Crippen LogP contribution is 2.39. The Labute approximate surface area is 194 Å². The van der Waals surface area contributed by atoms with Gasteiger partial charge < -0.3 is 19.5 Å². The average Bonchev–Trinajstić information content (AvgIpc) is 3.45. The van der Waals surface area contributed by atoms with Crippen LogP contribution < -0.4 is 4.74 Å². The molecule has 2 aromatic rings. The van der Waals surface area contributed by atoms with Crippen molar-refractivity contribution >= 4 is 17.4 Å². The molecule has 0 radical (unpaired) electrons. The van der Waals surface area contributed by atoms with E-state index in [-0.39, 0.29) is 24.0 Å². The van der Waals surface area contributed by atoms with Crippen molar-refractivity contribution < 1.29 is 24.2 Å². The molecule has 2 aliphatic heterocycles. The highest BCUT2D eigenvalue weighted by Gasteiger charge is 2.47. The molecule has 1 aromatic carbocycles. The van der Waals surface area contributed by atoms with Crippen molar-refractivity contribution in [2.75, 3.05) is 19.8 Å². The number of aliphatic hydroxyl groups is 1. The Bertz CT molecular complexity index is 997. The van der Waals surface area contributed by atoms with Crippen LogP contribution in [0.15, 0.2) is 54.2 Å². The molecule has 1 aromatic heterocycles. The molecule has 2 aliphatic rings. The third-order valence-electron chi connectivity index (χ3n) is 6.08. The molecule has 1 N–H and O–H groups in total.